The summed E-state index contributed by atoms with van der Waals surface area (Å²) in [5.41, 5.74) is 1.44. The molecular weight excluding hydrogens is 334 g/mol. The molecule has 1 unspecified atom stereocenters. The van der Waals surface area contributed by atoms with E-state index < -0.39 is 5.54 Å². The molecule has 0 aliphatic heterocycles. The van der Waals surface area contributed by atoms with Gasteiger partial charge in [0.05, 0.1) is 17.9 Å². The van der Waals surface area contributed by atoms with Crippen LogP contribution in [0.2, 0.25) is 0 Å². The van der Waals surface area contributed by atoms with Gasteiger partial charge in [-0.05, 0) is 33.6 Å². The monoisotopic (exact) mass is 363 g/mol. The first kappa shape index (κ1) is 20.8. The molecule has 0 aliphatic rings. The Kier molecular flexibility index (Phi) is 7.26. The van der Waals surface area contributed by atoms with Crippen molar-refractivity contribution in [3.63, 3.8) is 0 Å². The summed E-state index contributed by atoms with van der Waals surface area (Å²) in [5.74, 6) is 0. The first-order valence-electron chi connectivity index (χ1n) is 9.31. The van der Waals surface area contributed by atoms with Crippen LogP contribution in [0, 0.1) is 0 Å². The van der Waals surface area contributed by atoms with Crippen molar-refractivity contribution in [1.29, 1.82) is 0 Å². The van der Waals surface area contributed by atoms with Crippen molar-refractivity contribution in [2.75, 3.05) is 6.61 Å². The van der Waals surface area contributed by atoms with Gasteiger partial charge in [-0.2, -0.15) is 0 Å². The van der Waals surface area contributed by atoms with E-state index in [9.17, 15) is 4.79 Å². The van der Waals surface area contributed by atoms with Crippen LogP contribution in [0.4, 0.5) is 0 Å². The minimum absolute atomic E-state index is 0.233. The Labute approximate surface area is 162 Å². The molecule has 2 rings (SSSR count). The third kappa shape index (κ3) is 6.30. The van der Waals surface area contributed by atoms with Gasteiger partial charge in [0.15, 0.2) is 0 Å². The largest absolute Gasteiger partial charge is 0.373 e. The number of rotatable bonds is 9. The van der Waals surface area contributed by atoms with Crippen LogP contribution in [0.5, 0.6) is 0 Å². The fraction of sp³-hybridized carbons (Fsp3) is 0.333. The maximum Gasteiger partial charge on any atom is 0.149 e. The molecule has 3 heteroatoms. The molecule has 0 spiro atoms. The number of benzene rings is 2. The lowest BCUT2D eigenvalue weighted by atomic mass is 9.94. The first-order valence-corrected chi connectivity index (χ1v) is 9.31. The Bertz CT molecular complexity index is 718. The molecule has 1 atom stereocenters. The number of aldehydes is 1. The lowest BCUT2D eigenvalue weighted by molar-refractivity contribution is -0.117. The molecule has 0 heterocycles. The van der Waals surface area contributed by atoms with Crippen LogP contribution < -0.4 is 0 Å². The normalized spacial score (nSPS) is 13.4. The van der Waals surface area contributed by atoms with E-state index in [-0.39, 0.29) is 12.2 Å². The molecule has 0 saturated heterocycles. The number of hydrogen-bond donors (Lipinski definition) is 0. The van der Waals surface area contributed by atoms with E-state index in [0.717, 1.165) is 23.1 Å². The van der Waals surface area contributed by atoms with Crippen molar-refractivity contribution in [3.05, 3.63) is 84.4 Å². The molecule has 0 saturated carbocycles. The summed E-state index contributed by atoms with van der Waals surface area (Å²) in [6, 6.07) is 19.9. The van der Waals surface area contributed by atoms with Gasteiger partial charge in [0.2, 0.25) is 0 Å². The lowest BCUT2D eigenvalue weighted by Crippen LogP contribution is -2.39. The number of aliphatic imine (C=N–C) groups is 1. The van der Waals surface area contributed by atoms with E-state index in [4.69, 9.17) is 9.73 Å². The van der Waals surface area contributed by atoms with Crippen LogP contribution >= 0.6 is 0 Å². The number of nitrogens with zero attached hydrogens (tertiary/aromatic N) is 1. The van der Waals surface area contributed by atoms with Crippen molar-refractivity contribution < 1.29 is 9.53 Å². The highest BCUT2D eigenvalue weighted by atomic mass is 16.5. The fourth-order valence-electron chi connectivity index (χ4n) is 2.68. The highest BCUT2D eigenvalue weighted by Crippen LogP contribution is 2.24. The number of hydrogen-bond acceptors (Lipinski definition) is 3. The second-order valence-electron chi connectivity index (χ2n) is 7.64. The molecule has 0 bridgehead atoms. The van der Waals surface area contributed by atoms with Crippen molar-refractivity contribution in [2.24, 2.45) is 4.99 Å². The minimum atomic E-state index is -0.956. The van der Waals surface area contributed by atoms with Crippen LogP contribution in [-0.4, -0.2) is 29.7 Å². The van der Waals surface area contributed by atoms with Crippen LogP contribution in [0.25, 0.3) is 0 Å². The van der Waals surface area contributed by atoms with Gasteiger partial charge in [0.25, 0.3) is 0 Å². The van der Waals surface area contributed by atoms with Crippen molar-refractivity contribution in [1.82, 2.24) is 0 Å². The van der Waals surface area contributed by atoms with Gasteiger partial charge in [-0.3, -0.25) is 4.99 Å². The fourth-order valence-corrected chi connectivity index (χ4v) is 2.68. The Morgan fingerprint density at radius 1 is 1.00 bits per heavy atom. The highest BCUT2D eigenvalue weighted by Gasteiger charge is 2.32. The van der Waals surface area contributed by atoms with E-state index in [1.807, 2.05) is 87.5 Å². The molecule has 3 nitrogen and oxygen atoms in total. The molecule has 2 aromatic rings. The summed E-state index contributed by atoms with van der Waals surface area (Å²) in [6.45, 7) is 9.97. The van der Waals surface area contributed by atoms with E-state index in [2.05, 4.69) is 6.58 Å². The molecular formula is C24H29NO2. The van der Waals surface area contributed by atoms with E-state index >= 15 is 0 Å². The van der Waals surface area contributed by atoms with Crippen LogP contribution in [0.1, 0.15) is 44.7 Å². The topological polar surface area (TPSA) is 38.7 Å². The Hall–Kier alpha value is -2.52. The molecule has 0 fully saturated rings. The van der Waals surface area contributed by atoms with Crippen molar-refractivity contribution in [3.8, 4) is 0 Å². The van der Waals surface area contributed by atoms with Crippen molar-refractivity contribution in [2.45, 2.75) is 44.8 Å². The second kappa shape index (κ2) is 9.43. The summed E-state index contributed by atoms with van der Waals surface area (Å²) in [6.07, 6.45) is 3.98. The predicted molar refractivity (Wildman–Crippen MR) is 112 cm³/mol. The maximum atomic E-state index is 12.2. The third-order valence-corrected chi connectivity index (χ3v) is 4.18. The minimum Gasteiger partial charge on any atom is -0.373 e. The predicted octanol–water partition coefficient (Wildman–Crippen LogP) is 5.24. The number of ether oxygens (including phenoxy) is 1. The average Bonchev–Trinajstić information content (AvgIpc) is 2.68. The van der Waals surface area contributed by atoms with Crippen molar-refractivity contribution >= 4 is 12.0 Å². The van der Waals surface area contributed by atoms with Crippen LogP contribution in [0.15, 0.2) is 78.3 Å². The zero-order valence-corrected chi connectivity index (χ0v) is 16.5. The van der Waals surface area contributed by atoms with Gasteiger partial charge < -0.3 is 9.53 Å². The molecule has 0 N–H and O–H groups in total. The molecule has 27 heavy (non-hydrogen) atoms. The smallest absolute Gasteiger partial charge is 0.149 e. The molecule has 0 radical (unpaired) electrons. The van der Waals surface area contributed by atoms with Gasteiger partial charge >= 0.3 is 0 Å². The second-order valence-corrected chi connectivity index (χ2v) is 7.64. The summed E-state index contributed by atoms with van der Waals surface area (Å²) in [7, 11) is 0. The van der Waals surface area contributed by atoms with E-state index in [0.29, 0.717) is 12.8 Å². The van der Waals surface area contributed by atoms with Gasteiger partial charge in [0, 0.05) is 11.1 Å². The molecule has 142 valence electrons. The maximum absolute atomic E-state index is 12.2. The Balaban J connectivity index is 2.55. The quantitative estimate of drug-likeness (QED) is 0.347. The van der Waals surface area contributed by atoms with Gasteiger partial charge in [0.1, 0.15) is 11.8 Å². The number of carbonyl (C=O) groups is 1. The van der Waals surface area contributed by atoms with Gasteiger partial charge in [-0.15, -0.1) is 6.58 Å². The molecule has 2 aromatic carbocycles. The zero-order valence-electron chi connectivity index (χ0n) is 16.5. The summed E-state index contributed by atoms with van der Waals surface area (Å²) >= 11 is 0. The molecule has 0 amide bonds. The number of carbonyl (C=O) groups excluding carboxylic acids is 1. The summed E-state index contributed by atoms with van der Waals surface area (Å²) in [5, 5.41) is 0. The highest BCUT2D eigenvalue weighted by molar-refractivity contribution is 6.13. The lowest BCUT2D eigenvalue weighted by Gasteiger charge is -2.29. The zero-order chi connectivity index (χ0) is 19.8. The third-order valence-electron chi connectivity index (χ3n) is 4.18. The molecule has 0 aliphatic carbocycles. The van der Waals surface area contributed by atoms with E-state index in [1.54, 1.807) is 0 Å². The Morgan fingerprint density at radius 3 is 1.93 bits per heavy atom. The molecule has 0 aromatic heterocycles. The first-order chi connectivity index (χ1) is 12.9. The average molecular weight is 364 g/mol. The standard InChI is InChI=1S/C24H29NO2/c1-5-6-17-24(18-26,19-27-23(2,3)4)25-22(20-13-9-7-10-14-20)21-15-11-8-12-16-21/h5,7-16,18H,1,6,17,19H2,2-4H3. The SMILES string of the molecule is C=CCCC(C=O)(COC(C)(C)C)N=C(c1ccccc1)c1ccccc1. The van der Waals surface area contributed by atoms with Gasteiger partial charge in [-0.25, -0.2) is 0 Å². The van der Waals surface area contributed by atoms with Gasteiger partial charge in [-0.1, -0.05) is 66.7 Å². The van der Waals surface area contributed by atoms with E-state index in [1.165, 1.54) is 0 Å². The number of allylic oxidation sites excluding steroid dienone is 1. The Morgan fingerprint density at radius 2 is 1.52 bits per heavy atom. The summed E-state index contributed by atoms with van der Waals surface area (Å²) < 4.78 is 5.98. The van der Waals surface area contributed by atoms with Crippen LogP contribution in [-0.2, 0) is 9.53 Å². The summed E-state index contributed by atoms with van der Waals surface area (Å²) in [4.78, 5) is 17.2. The van der Waals surface area contributed by atoms with Crippen LogP contribution in [0.3, 0.4) is 0 Å².